The lowest BCUT2D eigenvalue weighted by atomic mass is 10.1. The number of carbonyl (C=O) groups is 2. The molecule has 3 N–H and O–H groups in total. The molecule has 10 nitrogen and oxygen atoms in total. The van der Waals surface area contributed by atoms with Gasteiger partial charge in [0.2, 0.25) is 11.5 Å². The van der Waals surface area contributed by atoms with E-state index in [-0.39, 0.29) is 17.5 Å². The molecule has 27 heavy (non-hydrogen) atoms. The predicted molar refractivity (Wildman–Crippen MR) is 93.9 cm³/mol. The van der Waals surface area contributed by atoms with Crippen LogP contribution in [0.4, 0.5) is 5.82 Å². The molecule has 0 aliphatic heterocycles. The van der Waals surface area contributed by atoms with E-state index in [1.165, 1.54) is 6.21 Å². The number of benzene rings is 1. The standard InChI is InChI=1S/C17H15N5O5/c1-2-25-17(24)11-5-3-10(4-6-11)13-8-7-12(26-13)9-19-20-16(23)14-15(18)22-27-21-14/h3-9H,2H2,1H3,(H2,18,22)(H,20,23)/b19-9-. The number of carbonyl (C=O) groups excluding carboxylic acids is 2. The predicted octanol–water partition coefficient (Wildman–Crippen LogP) is 1.85. The third kappa shape index (κ3) is 4.18. The van der Waals surface area contributed by atoms with Crippen molar-refractivity contribution in [3.63, 3.8) is 0 Å². The summed E-state index contributed by atoms with van der Waals surface area (Å²) in [6.45, 7) is 2.07. The summed E-state index contributed by atoms with van der Waals surface area (Å²) in [7, 11) is 0. The fraction of sp³-hybridized carbons (Fsp3) is 0.118. The molecule has 3 aromatic rings. The first-order chi connectivity index (χ1) is 13.1. The number of nitrogens with two attached hydrogens (primary N) is 1. The minimum absolute atomic E-state index is 0.130. The van der Waals surface area contributed by atoms with Crippen molar-refractivity contribution in [3.8, 4) is 11.3 Å². The zero-order valence-corrected chi connectivity index (χ0v) is 14.2. The Labute approximate surface area is 152 Å². The summed E-state index contributed by atoms with van der Waals surface area (Å²) in [6.07, 6.45) is 1.32. The highest BCUT2D eigenvalue weighted by Gasteiger charge is 2.15. The van der Waals surface area contributed by atoms with Gasteiger partial charge in [-0.3, -0.25) is 4.79 Å². The van der Waals surface area contributed by atoms with Gasteiger partial charge in [-0.15, -0.1) is 0 Å². The molecule has 0 unspecified atom stereocenters. The molecule has 2 aromatic heterocycles. The number of hydrogen-bond donors (Lipinski definition) is 2. The Hall–Kier alpha value is -3.95. The van der Waals surface area contributed by atoms with Crippen molar-refractivity contribution in [1.82, 2.24) is 15.7 Å². The maximum Gasteiger partial charge on any atom is 0.338 e. The van der Waals surface area contributed by atoms with Crippen LogP contribution in [0.5, 0.6) is 0 Å². The summed E-state index contributed by atoms with van der Waals surface area (Å²) in [6, 6.07) is 10.2. The Morgan fingerprint density at radius 2 is 2.00 bits per heavy atom. The van der Waals surface area contributed by atoms with Crippen LogP contribution in [0.2, 0.25) is 0 Å². The van der Waals surface area contributed by atoms with Crippen molar-refractivity contribution in [2.24, 2.45) is 5.10 Å². The van der Waals surface area contributed by atoms with Crippen molar-refractivity contribution in [3.05, 3.63) is 53.4 Å². The molecule has 0 aliphatic rings. The van der Waals surface area contributed by atoms with Crippen molar-refractivity contribution >= 4 is 23.9 Å². The summed E-state index contributed by atoms with van der Waals surface area (Å²) in [4.78, 5) is 23.4. The smallest absolute Gasteiger partial charge is 0.338 e. The maximum atomic E-state index is 11.7. The van der Waals surface area contributed by atoms with Gasteiger partial charge in [-0.05, 0) is 41.5 Å². The number of rotatable bonds is 6. The van der Waals surface area contributed by atoms with E-state index in [2.05, 4.69) is 25.5 Å². The second kappa shape index (κ2) is 7.95. The van der Waals surface area contributed by atoms with Gasteiger partial charge in [0.25, 0.3) is 5.91 Å². The van der Waals surface area contributed by atoms with Crippen LogP contribution in [0.1, 0.15) is 33.5 Å². The first kappa shape index (κ1) is 17.9. The number of nitrogens with one attached hydrogen (secondary N) is 1. The topological polar surface area (TPSA) is 146 Å². The molecule has 0 radical (unpaired) electrons. The monoisotopic (exact) mass is 369 g/mol. The normalized spacial score (nSPS) is 10.9. The number of nitrogen functional groups attached to an aromatic ring is 1. The summed E-state index contributed by atoms with van der Waals surface area (Å²) < 4.78 is 14.9. The zero-order chi connectivity index (χ0) is 19.2. The van der Waals surface area contributed by atoms with E-state index in [0.29, 0.717) is 23.7 Å². The SMILES string of the molecule is CCOC(=O)c1ccc(-c2ccc(/C=N\NC(=O)c3nonc3N)o2)cc1. The average molecular weight is 369 g/mol. The average Bonchev–Trinajstić information content (AvgIpc) is 3.31. The molecular weight excluding hydrogens is 354 g/mol. The van der Waals surface area contributed by atoms with Gasteiger partial charge in [0.15, 0.2) is 0 Å². The fourth-order valence-electron chi connectivity index (χ4n) is 2.12. The van der Waals surface area contributed by atoms with E-state index in [1.807, 2.05) is 0 Å². The Morgan fingerprint density at radius 1 is 1.22 bits per heavy atom. The van der Waals surface area contributed by atoms with Crippen LogP contribution < -0.4 is 11.2 Å². The van der Waals surface area contributed by atoms with Crippen molar-refractivity contribution in [2.75, 3.05) is 12.3 Å². The largest absolute Gasteiger partial charge is 0.462 e. The number of hydrazone groups is 1. The van der Waals surface area contributed by atoms with Gasteiger partial charge in [-0.1, -0.05) is 12.1 Å². The van der Waals surface area contributed by atoms with Crippen LogP contribution >= 0.6 is 0 Å². The lowest BCUT2D eigenvalue weighted by Gasteiger charge is -2.02. The van der Waals surface area contributed by atoms with Gasteiger partial charge < -0.3 is 14.9 Å². The summed E-state index contributed by atoms with van der Waals surface area (Å²) in [5, 5.41) is 10.4. The number of amides is 1. The molecule has 0 spiro atoms. The Kier molecular flexibility index (Phi) is 5.26. The Balaban J connectivity index is 1.63. The maximum absolute atomic E-state index is 11.7. The third-order valence-corrected chi connectivity index (χ3v) is 3.39. The number of ether oxygens (including phenoxy) is 1. The van der Waals surface area contributed by atoms with E-state index in [4.69, 9.17) is 14.9 Å². The Morgan fingerprint density at radius 3 is 2.67 bits per heavy atom. The number of aromatic nitrogens is 2. The first-order valence-corrected chi connectivity index (χ1v) is 7.87. The van der Waals surface area contributed by atoms with E-state index in [0.717, 1.165) is 5.56 Å². The summed E-state index contributed by atoms with van der Waals surface area (Å²) >= 11 is 0. The molecule has 2 heterocycles. The second-order valence-corrected chi connectivity index (χ2v) is 5.20. The molecule has 0 aliphatic carbocycles. The highest BCUT2D eigenvalue weighted by Crippen LogP contribution is 2.22. The van der Waals surface area contributed by atoms with Gasteiger partial charge in [0, 0.05) is 5.56 Å². The van der Waals surface area contributed by atoms with Crippen LogP contribution in [0, 0.1) is 0 Å². The molecule has 10 heteroatoms. The molecule has 3 rings (SSSR count). The van der Waals surface area contributed by atoms with Crippen LogP contribution in [0.3, 0.4) is 0 Å². The van der Waals surface area contributed by atoms with Gasteiger partial charge in [0.05, 0.1) is 18.4 Å². The zero-order valence-electron chi connectivity index (χ0n) is 14.2. The minimum atomic E-state index is -0.661. The van der Waals surface area contributed by atoms with E-state index in [9.17, 15) is 9.59 Å². The van der Waals surface area contributed by atoms with E-state index < -0.39 is 5.91 Å². The number of furan rings is 1. The van der Waals surface area contributed by atoms with E-state index >= 15 is 0 Å². The lowest BCUT2D eigenvalue weighted by Crippen LogP contribution is -2.19. The molecule has 0 fully saturated rings. The second-order valence-electron chi connectivity index (χ2n) is 5.20. The van der Waals surface area contributed by atoms with Gasteiger partial charge >= 0.3 is 5.97 Å². The number of nitrogens with zero attached hydrogens (tertiary/aromatic N) is 3. The quantitative estimate of drug-likeness (QED) is 0.380. The molecule has 1 amide bonds. The summed E-state index contributed by atoms with van der Waals surface area (Å²) in [5.74, 6) is -0.190. The number of hydrogen-bond acceptors (Lipinski definition) is 9. The van der Waals surface area contributed by atoms with Crippen molar-refractivity contribution in [1.29, 1.82) is 0 Å². The van der Waals surface area contributed by atoms with Crippen LogP contribution in [0.25, 0.3) is 11.3 Å². The molecule has 1 aromatic carbocycles. The Bertz CT molecular complexity index is 974. The number of anilines is 1. The molecular formula is C17H15N5O5. The molecule has 138 valence electrons. The van der Waals surface area contributed by atoms with Crippen molar-refractivity contribution in [2.45, 2.75) is 6.92 Å². The molecule has 0 bridgehead atoms. The van der Waals surface area contributed by atoms with E-state index in [1.54, 1.807) is 43.3 Å². The van der Waals surface area contributed by atoms with Crippen LogP contribution in [0.15, 0.2) is 50.5 Å². The van der Waals surface area contributed by atoms with Crippen LogP contribution in [-0.4, -0.2) is 35.0 Å². The highest BCUT2D eigenvalue weighted by molar-refractivity contribution is 5.96. The van der Waals surface area contributed by atoms with Gasteiger partial charge in [-0.2, -0.15) is 5.10 Å². The van der Waals surface area contributed by atoms with Crippen molar-refractivity contribution < 1.29 is 23.4 Å². The molecule has 0 saturated carbocycles. The minimum Gasteiger partial charge on any atom is -0.462 e. The lowest BCUT2D eigenvalue weighted by molar-refractivity contribution is 0.0526. The van der Waals surface area contributed by atoms with Gasteiger partial charge in [-0.25, -0.2) is 14.8 Å². The highest BCUT2D eigenvalue weighted by atomic mass is 16.6. The molecule has 0 atom stereocenters. The molecule has 0 saturated heterocycles. The van der Waals surface area contributed by atoms with Gasteiger partial charge in [0.1, 0.15) is 11.5 Å². The number of esters is 1. The third-order valence-electron chi connectivity index (χ3n) is 3.39. The van der Waals surface area contributed by atoms with Crippen LogP contribution in [-0.2, 0) is 4.74 Å². The fourth-order valence-corrected chi connectivity index (χ4v) is 2.12. The summed E-state index contributed by atoms with van der Waals surface area (Å²) in [5.41, 5.74) is 8.71. The first-order valence-electron chi connectivity index (χ1n) is 7.87.